The molecule has 8 heteroatoms. The minimum absolute atomic E-state index is 0. The predicted molar refractivity (Wildman–Crippen MR) is 117 cm³/mol. The number of nitrogens with zero attached hydrogens (tertiary/aromatic N) is 6. The van der Waals surface area contributed by atoms with E-state index in [1.807, 2.05) is 13.1 Å². The van der Waals surface area contributed by atoms with Gasteiger partial charge in [-0.15, -0.1) is 24.0 Å². The minimum Gasteiger partial charge on any atom is -0.355 e. The Hall–Kier alpha value is -1.16. The molecule has 0 amide bonds. The molecular formula is C18H32IN7. The summed E-state index contributed by atoms with van der Waals surface area (Å²) in [6.07, 6.45) is 6.31. The van der Waals surface area contributed by atoms with E-state index in [9.17, 15) is 0 Å². The molecule has 0 spiro atoms. The van der Waals surface area contributed by atoms with Gasteiger partial charge < -0.3 is 20.0 Å². The molecule has 3 rings (SSSR count). The fourth-order valence-electron chi connectivity index (χ4n) is 3.72. The highest BCUT2D eigenvalue weighted by atomic mass is 127. The first-order valence-corrected chi connectivity index (χ1v) is 9.46. The van der Waals surface area contributed by atoms with Gasteiger partial charge in [0, 0.05) is 65.3 Å². The van der Waals surface area contributed by atoms with Crippen molar-refractivity contribution in [2.45, 2.75) is 19.8 Å². The Morgan fingerprint density at radius 1 is 1.19 bits per heavy atom. The summed E-state index contributed by atoms with van der Waals surface area (Å²) in [5.41, 5.74) is 0. The highest BCUT2D eigenvalue weighted by Crippen LogP contribution is 2.14. The number of rotatable bonds is 4. The maximum absolute atomic E-state index is 4.47. The topological polar surface area (TPSA) is 59.9 Å². The number of halogens is 1. The largest absolute Gasteiger partial charge is 0.355 e. The number of anilines is 1. The number of hydrogen-bond acceptors (Lipinski definition) is 5. The van der Waals surface area contributed by atoms with E-state index >= 15 is 0 Å². The highest BCUT2D eigenvalue weighted by molar-refractivity contribution is 14.0. The summed E-state index contributed by atoms with van der Waals surface area (Å²) in [5, 5.41) is 3.54. The predicted octanol–water partition coefficient (Wildman–Crippen LogP) is 1.52. The van der Waals surface area contributed by atoms with Crippen LogP contribution in [0.15, 0.2) is 23.5 Å². The highest BCUT2D eigenvalue weighted by Gasteiger charge is 2.21. The van der Waals surface area contributed by atoms with E-state index in [1.165, 1.54) is 25.9 Å². The van der Waals surface area contributed by atoms with E-state index in [4.69, 9.17) is 0 Å². The Morgan fingerprint density at radius 3 is 2.58 bits per heavy atom. The van der Waals surface area contributed by atoms with E-state index in [0.717, 1.165) is 57.1 Å². The molecule has 0 aromatic carbocycles. The van der Waals surface area contributed by atoms with Crippen molar-refractivity contribution in [2.24, 2.45) is 10.9 Å². The summed E-state index contributed by atoms with van der Waals surface area (Å²) in [6.45, 7) is 10.6. The molecule has 2 aliphatic rings. The number of piperidine rings is 1. The van der Waals surface area contributed by atoms with Crippen LogP contribution in [0.2, 0.25) is 0 Å². The van der Waals surface area contributed by atoms with E-state index in [0.29, 0.717) is 0 Å². The Labute approximate surface area is 174 Å². The van der Waals surface area contributed by atoms with Crippen LogP contribution in [-0.4, -0.2) is 85.1 Å². The second kappa shape index (κ2) is 10.9. The molecule has 1 N–H and O–H groups in total. The lowest BCUT2D eigenvalue weighted by Crippen LogP contribution is -2.53. The summed E-state index contributed by atoms with van der Waals surface area (Å²) in [4.78, 5) is 20.3. The molecule has 1 unspecified atom stereocenters. The minimum atomic E-state index is 0. The third-order valence-corrected chi connectivity index (χ3v) is 5.08. The van der Waals surface area contributed by atoms with Gasteiger partial charge in [-0.3, -0.25) is 4.99 Å². The van der Waals surface area contributed by atoms with Crippen molar-refractivity contribution in [3.63, 3.8) is 0 Å². The molecule has 0 saturated carbocycles. The van der Waals surface area contributed by atoms with Crippen LogP contribution >= 0.6 is 24.0 Å². The number of piperazine rings is 1. The van der Waals surface area contributed by atoms with Gasteiger partial charge in [-0.2, -0.15) is 0 Å². The Balaban J connectivity index is 0.00000243. The summed E-state index contributed by atoms with van der Waals surface area (Å²) in [7, 11) is 1.87. The number of aromatic nitrogens is 2. The van der Waals surface area contributed by atoms with Crippen molar-refractivity contribution in [1.82, 2.24) is 25.1 Å². The molecule has 146 valence electrons. The molecule has 0 bridgehead atoms. The molecule has 0 aliphatic carbocycles. The lowest BCUT2D eigenvalue weighted by atomic mass is 10.0. The number of likely N-dealkylation sites (tertiary alicyclic amines) is 1. The van der Waals surface area contributed by atoms with Gasteiger partial charge in [-0.05, 0) is 31.4 Å². The lowest BCUT2D eigenvalue weighted by Gasteiger charge is -2.37. The molecule has 26 heavy (non-hydrogen) atoms. The Kier molecular flexibility index (Phi) is 8.83. The zero-order valence-electron chi connectivity index (χ0n) is 16.0. The zero-order chi connectivity index (χ0) is 17.5. The maximum Gasteiger partial charge on any atom is 0.225 e. The third-order valence-electron chi connectivity index (χ3n) is 5.08. The van der Waals surface area contributed by atoms with Crippen LogP contribution in [0.3, 0.4) is 0 Å². The number of hydrogen-bond donors (Lipinski definition) is 1. The third kappa shape index (κ3) is 5.94. The standard InChI is InChI=1S/C18H31N7.HI/c1-16-5-3-9-23(15-16)10-8-22-17(19-2)24-11-13-25(14-12-24)18-20-6-4-7-21-18;/h4,6-7,16H,3,5,8-15H2,1-2H3,(H,19,22);1H. The quantitative estimate of drug-likeness (QED) is 0.407. The lowest BCUT2D eigenvalue weighted by molar-refractivity contribution is 0.186. The summed E-state index contributed by atoms with van der Waals surface area (Å²) in [5.74, 6) is 2.67. The maximum atomic E-state index is 4.47. The Bertz CT molecular complexity index is 546. The first kappa shape index (κ1) is 21.1. The second-order valence-corrected chi connectivity index (χ2v) is 7.04. The summed E-state index contributed by atoms with van der Waals surface area (Å²) >= 11 is 0. The number of guanidine groups is 1. The van der Waals surface area contributed by atoms with Crippen LogP contribution < -0.4 is 10.2 Å². The van der Waals surface area contributed by atoms with Crippen molar-refractivity contribution in [1.29, 1.82) is 0 Å². The molecule has 1 atom stereocenters. The van der Waals surface area contributed by atoms with Crippen molar-refractivity contribution in [3.8, 4) is 0 Å². The molecule has 1 aromatic heterocycles. The van der Waals surface area contributed by atoms with Crippen molar-refractivity contribution in [3.05, 3.63) is 18.5 Å². The summed E-state index contributed by atoms with van der Waals surface area (Å²) in [6, 6.07) is 1.86. The van der Waals surface area contributed by atoms with Gasteiger partial charge in [0.25, 0.3) is 0 Å². The first-order valence-electron chi connectivity index (χ1n) is 9.46. The van der Waals surface area contributed by atoms with Crippen LogP contribution in [0.25, 0.3) is 0 Å². The van der Waals surface area contributed by atoms with Crippen molar-refractivity contribution < 1.29 is 0 Å². The van der Waals surface area contributed by atoms with Crippen LogP contribution in [-0.2, 0) is 0 Å². The van der Waals surface area contributed by atoms with Crippen LogP contribution in [0.5, 0.6) is 0 Å². The van der Waals surface area contributed by atoms with Crippen LogP contribution in [0.4, 0.5) is 5.95 Å². The Morgan fingerprint density at radius 2 is 1.92 bits per heavy atom. The van der Waals surface area contributed by atoms with Crippen molar-refractivity contribution >= 4 is 35.9 Å². The van der Waals surface area contributed by atoms with Crippen molar-refractivity contribution in [2.75, 3.05) is 64.3 Å². The molecule has 7 nitrogen and oxygen atoms in total. The van der Waals surface area contributed by atoms with E-state index in [2.05, 4.69) is 41.9 Å². The second-order valence-electron chi connectivity index (χ2n) is 7.04. The molecule has 2 saturated heterocycles. The van der Waals surface area contributed by atoms with E-state index in [1.54, 1.807) is 12.4 Å². The van der Waals surface area contributed by atoms with Gasteiger partial charge >= 0.3 is 0 Å². The SMILES string of the molecule is CN=C(NCCN1CCCC(C)C1)N1CCN(c2ncccn2)CC1.I. The van der Waals surface area contributed by atoms with E-state index < -0.39 is 0 Å². The van der Waals surface area contributed by atoms with E-state index in [-0.39, 0.29) is 24.0 Å². The fraction of sp³-hybridized carbons (Fsp3) is 0.722. The molecule has 1 aromatic rings. The van der Waals surface area contributed by atoms with Gasteiger partial charge in [0.15, 0.2) is 5.96 Å². The fourth-order valence-corrected chi connectivity index (χ4v) is 3.72. The van der Waals surface area contributed by atoms with Crippen LogP contribution in [0.1, 0.15) is 19.8 Å². The molecule has 2 aliphatic heterocycles. The summed E-state index contributed by atoms with van der Waals surface area (Å²) < 4.78 is 0. The number of nitrogens with one attached hydrogen (secondary N) is 1. The van der Waals surface area contributed by atoms with Gasteiger partial charge in [-0.1, -0.05) is 6.92 Å². The zero-order valence-corrected chi connectivity index (χ0v) is 18.3. The van der Waals surface area contributed by atoms with Gasteiger partial charge in [0.1, 0.15) is 0 Å². The molecule has 3 heterocycles. The van der Waals surface area contributed by atoms with Gasteiger partial charge in [-0.25, -0.2) is 9.97 Å². The molecule has 2 fully saturated rings. The molecule has 0 radical (unpaired) electrons. The van der Waals surface area contributed by atoms with Gasteiger partial charge in [0.2, 0.25) is 5.95 Å². The average molecular weight is 473 g/mol. The monoisotopic (exact) mass is 473 g/mol. The average Bonchev–Trinajstić information content (AvgIpc) is 2.66. The normalized spacial score (nSPS) is 22.1. The smallest absolute Gasteiger partial charge is 0.225 e. The first-order chi connectivity index (χ1) is 12.3. The molecular weight excluding hydrogens is 441 g/mol. The van der Waals surface area contributed by atoms with Gasteiger partial charge in [0.05, 0.1) is 0 Å². The van der Waals surface area contributed by atoms with Crippen LogP contribution in [0, 0.1) is 5.92 Å². The number of aliphatic imine (C=N–C) groups is 1.